The average Bonchev–Trinajstić information content (AvgIpc) is 3.10. The zero-order valence-corrected chi connectivity index (χ0v) is 11.9. The van der Waals surface area contributed by atoms with Crippen molar-refractivity contribution in [3.8, 4) is 0 Å². The minimum atomic E-state index is 0.620. The molecule has 0 amide bonds. The molecule has 0 spiro atoms. The maximum absolute atomic E-state index is 4.60. The fraction of sp³-hybridized carbons (Fsp3) is 0.714. The largest absolute Gasteiger partial charge is 0.344 e. The Morgan fingerprint density at radius 3 is 2.72 bits per heavy atom. The highest BCUT2D eigenvalue weighted by atomic mass is 15.2. The van der Waals surface area contributed by atoms with E-state index in [4.69, 9.17) is 0 Å². The third-order valence-electron chi connectivity index (χ3n) is 3.21. The van der Waals surface area contributed by atoms with Crippen molar-refractivity contribution in [3.63, 3.8) is 0 Å². The molecule has 18 heavy (non-hydrogen) atoms. The summed E-state index contributed by atoms with van der Waals surface area (Å²) in [6, 6.07) is 0.729. The average molecular weight is 248 g/mol. The summed E-state index contributed by atoms with van der Waals surface area (Å²) >= 11 is 0. The molecule has 1 heterocycles. The molecule has 1 saturated carbocycles. The summed E-state index contributed by atoms with van der Waals surface area (Å²) in [5, 5.41) is 3.50. The second-order valence-electron chi connectivity index (χ2n) is 5.71. The van der Waals surface area contributed by atoms with Crippen LogP contribution in [0.2, 0.25) is 0 Å². The van der Waals surface area contributed by atoms with Crippen molar-refractivity contribution in [1.82, 2.24) is 15.3 Å². The minimum Gasteiger partial charge on any atom is -0.344 e. The van der Waals surface area contributed by atoms with E-state index in [0.29, 0.717) is 5.92 Å². The lowest BCUT2D eigenvalue weighted by Crippen LogP contribution is -2.25. The molecule has 100 valence electrons. The maximum atomic E-state index is 4.60. The number of nitrogens with zero attached hydrogens (tertiary/aromatic N) is 3. The fourth-order valence-electron chi connectivity index (χ4n) is 2.01. The highest BCUT2D eigenvalue weighted by molar-refractivity contribution is 5.31. The highest BCUT2D eigenvalue weighted by Crippen LogP contribution is 2.20. The molecular weight excluding hydrogens is 224 g/mol. The number of hydrogen-bond donors (Lipinski definition) is 1. The second kappa shape index (κ2) is 5.65. The number of anilines is 1. The Bertz CT molecular complexity index is 399. The quantitative estimate of drug-likeness (QED) is 0.837. The van der Waals surface area contributed by atoms with Crippen LogP contribution in [0.1, 0.15) is 37.9 Å². The fourth-order valence-corrected chi connectivity index (χ4v) is 2.01. The molecule has 0 aromatic carbocycles. The first-order chi connectivity index (χ1) is 8.56. The van der Waals surface area contributed by atoms with Crippen LogP contribution in [0.4, 0.5) is 5.95 Å². The molecule has 0 unspecified atom stereocenters. The molecule has 4 nitrogen and oxygen atoms in total. The summed E-state index contributed by atoms with van der Waals surface area (Å²) in [6.07, 6.45) is 4.59. The van der Waals surface area contributed by atoms with E-state index in [9.17, 15) is 0 Å². The summed E-state index contributed by atoms with van der Waals surface area (Å²) in [5.41, 5.74) is 2.30. The Morgan fingerprint density at radius 1 is 1.44 bits per heavy atom. The van der Waals surface area contributed by atoms with Crippen LogP contribution in [-0.4, -0.2) is 29.6 Å². The number of rotatable bonds is 6. The molecule has 2 rings (SSSR count). The van der Waals surface area contributed by atoms with Gasteiger partial charge in [-0.05, 0) is 25.7 Å². The zero-order valence-electron chi connectivity index (χ0n) is 11.9. The van der Waals surface area contributed by atoms with E-state index in [1.165, 1.54) is 18.4 Å². The SMILES string of the molecule is Cc1nc(N(C)CC(C)C)ncc1CNC1CC1. The third kappa shape index (κ3) is 3.67. The first-order valence-corrected chi connectivity index (χ1v) is 6.83. The van der Waals surface area contributed by atoms with Crippen LogP contribution in [0.3, 0.4) is 0 Å². The third-order valence-corrected chi connectivity index (χ3v) is 3.21. The van der Waals surface area contributed by atoms with Gasteiger partial charge in [0.2, 0.25) is 5.95 Å². The lowest BCUT2D eigenvalue weighted by molar-refractivity contribution is 0.627. The van der Waals surface area contributed by atoms with Gasteiger partial charge in [0.05, 0.1) is 0 Å². The smallest absolute Gasteiger partial charge is 0.225 e. The van der Waals surface area contributed by atoms with E-state index in [-0.39, 0.29) is 0 Å². The van der Waals surface area contributed by atoms with E-state index in [1.54, 1.807) is 0 Å². The molecule has 1 aliphatic carbocycles. The first-order valence-electron chi connectivity index (χ1n) is 6.83. The van der Waals surface area contributed by atoms with Gasteiger partial charge in [-0.15, -0.1) is 0 Å². The van der Waals surface area contributed by atoms with E-state index in [1.807, 2.05) is 6.20 Å². The summed E-state index contributed by atoms with van der Waals surface area (Å²) in [4.78, 5) is 11.2. The van der Waals surface area contributed by atoms with Crippen LogP contribution in [0.15, 0.2) is 6.20 Å². The molecular formula is C14H24N4. The Morgan fingerprint density at radius 2 is 2.17 bits per heavy atom. The number of aryl methyl sites for hydroxylation is 1. The summed E-state index contributed by atoms with van der Waals surface area (Å²) in [7, 11) is 2.05. The zero-order chi connectivity index (χ0) is 13.1. The Labute approximate surface area is 110 Å². The standard InChI is InChI=1S/C14H24N4/c1-10(2)9-18(4)14-16-8-12(11(3)17-14)7-15-13-5-6-13/h8,10,13,15H,5-7,9H2,1-4H3. The highest BCUT2D eigenvalue weighted by Gasteiger charge is 2.20. The molecule has 1 N–H and O–H groups in total. The molecule has 4 heteroatoms. The van der Waals surface area contributed by atoms with Gasteiger partial charge in [0.15, 0.2) is 0 Å². The van der Waals surface area contributed by atoms with E-state index in [0.717, 1.165) is 30.8 Å². The van der Waals surface area contributed by atoms with Crippen molar-refractivity contribution in [3.05, 3.63) is 17.5 Å². The van der Waals surface area contributed by atoms with Gasteiger partial charge in [0, 0.05) is 43.6 Å². The molecule has 1 aliphatic rings. The monoisotopic (exact) mass is 248 g/mol. The Balaban J connectivity index is 1.98. The van der Waals surface area contributed by atoms with Crippen LogP contribution in [-0.2, 0) is 6.54 Å². The van der Waals surface area contributed by atoms with Crippen LogP contribution < -0.4 is 10.2 Å². The predicted molar refractivity (Wildman–Crippen MR) is 74.7 cm³/mol. The maximum Gasteiger partial charge on any atom is 0.225 e. The molecule has 1 aromatic heterocycles. The van der Waals surface area contributed by atoms with Crippen LogP contribution in [0.5, 0.6) is 0 Å². The van der Waals surface area contributed by atoms with Crippen LogP contribution in [0.25, 0.3) is 0 Å². The minimum absolute atomic E-state index is 0.620. The van der Waals surface area contributed by atoms with Gasteiger partial charge in [0.25, 0.3) is 0 Å². The van der Waals surface area contributed by atoms with Gasteiger partial charge in [0.1, 0.15) is 0 Å². The van der Waals surface area contributed by atoms with Gasteiger partial charge in [-0.3, -0.25) is 0 Å². The summed E-state index contributed by atoms with van der Waals surface area (Å²) in [6.45, 7) is 8.36. The molecule has 0 saturated heterocycles. The van der Waals surface area contributed by atoms with Crippen molar-refractivity contribution >= 4 is 5.95 Å². The summed E-state index contributed by atoms with van der Waals surface area (Å²) < 4.78 is 0. The second-order valence-corrected chi connectivity index (χ2v) is 5.71. The topological polar surface area (TPSA) is 41.1 Å². The molecule has 0 bridgehead atoms. The normalized spacial score (nSPS) is 15.2. The van der Waals surface area contributed by atoms with E-state index in [2.05, 4.69) is 48.0 Å². The van der Waals surface area contributed by atoms with Crippen molar-refractivity contribution < 1.29 is 0 Å². The van der Waals surface area contributed by atoms with E-state index < -0.39 is 0 Å². The number of aromatic nitrogens is 2. The van der Waals surface area contributed by atoms with Gasteiger partial charge in [-0.2, -0.15) is 0 Å². The van der Waals surface area contributed by atoms with Crippen molar-refractivity contribution in [2.75, 3.05) is 18.5 Å². The predicted octanol–water partition coefficient (Wildman–Crippen LogP) is 2.13. The van der Waals surface area contributed by atoms with Crippen LogP contribution >= 0.6 is 0 Å². The summed E-state index contributed by atoms with van der Waals surface area (Å²) in [5.74, 6) is 1.45. The van der Waals surface area contributed by atoms with E-state index >= 15 is 0 Å². The number of hydrogen-bond acceptors (Lipinski definition) is 4. The Kier molecular flexibility index (Phi) is 4.17. The van der Waals surface area contributed by atoms with Crippen molar-refractivity contribution in [2.45, 2.75) is 46.2 Å². The van der Waals surface area contributed by atoms with Gasteiger partial charge >= 0.3 is 0 Å². The van der Waals surface area contributed by atoms with Gasteiger partial charge in [-0.1, -0.05) is 13.8 Å². The lowest BCUT2D eigenvalue weighted by Gasteiger charge is -2.20. The lowest BCUT2D eigenvalue weighted by atomic mass is 10.2. The van der Waals surface area contributed by atoms with Crippen LogP contribution in [0, 0.1) is 12.8 Å². The van der Waals surface area contributed by atoms with Gasteiger partial charge < -0.3 is 10.2 Å². The Hall–Kier alpha value is -1.16. The van der Waals surface area contributed by atoms with Crippen molar-refractivity contribution in [1.29, 1.82) is 0 Å². The molecule has 1 aromatic rings. The first kappa shape index (κ1) is 13.3. The number of nitrogens with one attached hydrogen (secondary N) is 1. The molecule has 0 atom stereocenters. The van der Waals surface area contributed by atoms with Gasteiger partial charge in [-0.25, -0.2) is 9.97 Å². The molecule has 0 aliphatic heterocycles. The molecule has 0 radical (unpaired) electrons. The molecule has 1 fully saturated rings. The van der Waals surface area contributed by atoms with Crippen molar-refractivity contribution in [2.24, 2.45) is 5.92 Å².